The first-order chi connectivity index (χ1) is 4.70. The molecule has 0 amide bonds. The molecule has 1 nitrogen and oxygen atoms in total. The van der Waals surface area contributed by atoms with E-state index in [2.05, 4.69) is 12.5 Å². The van der Waals surface area contributed by atoms with Crippen molar-refractivity contribution in [3.8, 4) is 0 Å². The predicted molar refractivity (Wildman–Crippen MR) is 47.8 cm³/mol. The van der Waals surface area contributed by atoms with Crippen LogP contribution in [0.25, 0.3) is 0 Å². The molecule has 0 aliphatic carbocycles. The van der Waals surface area contributed by atoms with Crippen LogP contribution >= 0.6 is 12.5 Å². The Morgan fingerprint density at radius 2 is 1.80 bits per heavy atom. The molecule has 1 rings (SSSR count). The number of rotatable bonds is 1. The highest BCUT2D eigenvalue weighted by Crippen LogP contribution is 1.94. The molecule has 0 aliphatic heterocycles. The van der Waals surface area contributed by atoms with Crippen LogP contribution in [-0.4, -0.2) is 11.2 Å². The average Bonchev–Trinajstić information content (AvgIpc) is 1.88. The van der Waals surface area contributed by atoms with Crippen LogP contribution < -0.4 is 5.46 Å². The molecule has 0 bridgehead atoms. The van der Waals surface area contributed by atoms with E-state index in [4.69, 9.17) is 5.02 Å². The Bertz CT molecular complexity index is 207. The summed E-state index contributed by atoms with van der Waals surface area (Å²) in [6, 6.07) is 7.64. The van der Waals surface area contributed by atoms with Gasteiger partial charge in [0.2, 0.25) is 0 Å². The van der Waals surface area contributed by atoms with E-state index in [9.17, 15) is 0 Å². The van der Waals surface area contributed by atoms with E-state index in [1.54, 1.807) is 0 Å². The van der Waals surface area contributed by atoms with Crippen molar-refractivity contribution in [1.29, 1.82) is 0 Å². The van der Waals surface area contributed by atoms with E-state index in [-0.39, 0.29) is 0 Å². The Balaban J connectivity index is 2.89. The first-order valence-corrected chi connectivity index (χ1v) is 3.64. The third-order valence-corrected chi connectivity index (χ3v) is 1.67. The average molecular weight is 152 g/mol. The van der Waals surface area contributed by atoms with Gasteiger partial charge in [-0.15, -0.1) is 0 Å². The highest BCUT2D eigenvalue weighted by molar-refractivity contribution is 8.10. The van der Waals surface area contributed by atoms with Crippen LogP contribution in [-0.2, 0) is 0 Å². The molecule has 0 aromatic heterocycles. The summed E-state index contributed by atoms with van der Waals surface area (Å²) < 4.78 is 0. The second-order valence-corrected chi connectivity index (χ2v) is 2.77. The number of aryl methyl sites for hydroxylation is 1. The molecule has 0 spiro atoms. The highest BCUT2D eigenvalue weighted by Gasteiger charge is 2.05. The maximum absolute atomic E-state index is 8.98. The monoisotopic (exact) mass is 152 g/mol. The zero-order valence-corrected chi connectivity index (χ0v) is 6.68. The fraction of sp³-hybridized carbons (Fsp3) is 0.143. The zero-order chi connectivity index (χ0) is 7.56. The first kappa shape index (κ1) is 7.70. The molecule has 3 heteroatoms. The van der Waals surface area contributed by atoms with Gasteiger partial charge >= 0.3 is 6.19 Å². The molecule has 0 saturated carbocycles. The molecule has 0 aliphatic rings. The summed E-state index contributed by atoms with van der Waals surface area (Å²) >= 11 is 3.88. The van der Waals surface area contributed by atoms with Crippen LogP contribution in [0.2, 0.25) is 0 Å². The molecule has 10 heavy (non-hydrogen) atoms. The Hall–Kier alpha value is -0.405. The number of hydrogen-bond donors (Lipinski definition) is 2. The molecule has 0 radical (unpaired) electrons. The topological polar surface area (TPSA) is 20.2 Å². The lowest BCUT2D eigenvalue weighted by atomic mass is 9.86. The van der Waals surface area contributed by atoms with E-state index in [0.717, 1.165) is 5.46 Å². The second-order valence-electron chi connectivity index (χ2n) is 2.28. The normalized spacial score (nSPS) is 9.50. The van der Waals surface area contributed by atoms with Gasteiger partial charge in [0.25, 0.3) is 0 Å². The molecule has 1 aromatic carbocycles. The third kappa shape index (κ3) is 1.79. The fourth-order valence-corrected chi connectivity index (χ4v) is 0.911. The van der Waals surface area contributed by atoms with Crippen molar-refractivity contribution in [1.82, 2.24) is 0 Å². The van der Waals surface area contributed by atoms with Gasteiger partial charge in [0.15, 0.2) is 0 Å². The van der Waals surface area contributed by atoms with Gasteiger partial charge in [-0.05, 0) is 12.4 Å². The maximum atomic E-state index is 8.98. The van der Waals surface area contributed by atoms with Crippen molar-refractivity contribution < 1.29 is 5.02 Å². The smallest absolute Gasteiger partial charge is 0.390 e. The molecule has 52 valence electrons. The van der Waals surface area contributed by atoms with E-state index >= 15 is 0 Å². The molecular formula is C7H9BOS. The summed E-state index contributed by atoms with van der Waals surface area (Å²) in [5.74, 6) is 0. The number of benzene rings is 1. The zero-order valence-electron chi connectivity index (χ0n) is 5.78. The lowest BCUT2D eigenvalue weighted by Gasteiger charge is -1.98. The second kappa shape index (κ2) is 3.13. The SMILES string of the molecule is Cc1ccc(B(O)S)cc1. The summed E-state index contributed by atoms with van der Waals surface area (Å²) in [6.45, 7) is 2.01. The van der Waals surface area contributed by atoms with E-state index in [1.165, 1.54) is 5.56 Å². The Morgan fingerprint density at radius 3 is 2.20 bits per heavy atom. The molecule has 1 N–H and O–H groups in total. The van der Waals surface area contributed by atoms with Crippen molar-refractivity contribution in [3.05, 3.63) is 29.8 Å². The molecule has 0 heterocycles. The predicted octanol–water partition coefficient (Wildman–Crippen LogP) is 0.612. The van der Waals surface area contributed by atoms with Crippen molar-refractivity contribution >= 4 is 24.1 Å². The van der Waals surface area contributed by atoms with Crippen molar-refractivity contribution in [3.63, 3.8) is 0 Å². The summed E-state index contributed by atoms with van der Waals surface area (Å²) in [6.07, 6.45) is -0.652. The molecule has 1 aromatic rings. The fourth-order valence-electron chi connectivity index (χ4n) is 0.739. The summed E-state index contributed by atoms with van der Waals surface area (Å²) in [5.41, 5.74) is 2.03. The van der Waals surface area contributed by atoms with Crippen molar-refractivity contribution in [2.45, 2.75) is 6.92 Å². The van der Waals surface area contributed by atoms with E-state index in [0.29, 0.717) is 0 Å². The van der Waals surface area contributed by atoms with Crippen LogP contribution in [0.3, 0.4) is 0 Å². The van der Waals surface area contributed by atoms with Gasteiger partial charge in [-0.25, -0.2) is 0 Å². The largest absolute Gasteiger partial charge is 0.438 e. The van der Waals surface area contributed by atoms with Gasteiger partial charge in [-0.1, -0.05) is 29.8 Å². The minimum absolute atomic E-state index is 0.652. The highest BCUT2D eigenvalue weighted by atomic mass is 32.1. The van der Waals surface area contributed by atoms with Gasteiger partial charge in [0.05, 0.1) is 0 Å². The van der Waals surface area contributed by atoms with Gasteiger partial charge < -0.3 is 5.02 Å². The van der Waals surface area contributed by atoms with Crippen molar-refractivity contribution in [2.75, 3.05) is 0 Å². The summed E-state index contributed by atoms with van der Waals surface area (Å²) in [4.78, 5) is 0. The number of hydrogen-bond acceptors (Lipinski definition) is 2. The van der Waals surface area contributed by atoms with Gasteiger partial charge in [-0.2, -0.15) is 12.5 Å². The van der Waals surface area contributed by atoms with Gasteiger partial charge in [0, 0.05) is 0 Å². The standard InChI is InChI=1S/C7H9BOS/c1-6-2-4-7(5-3-6)8(9)10/h2-5,9-10H,1H3. The lowest BCUT2D eigenvalue weighted by molar-refractivity contribution is 0.609. The Morgan fingerprint density at radius 1 is 1.30 bits per heavy atom. The van der Waals surface area contributed by atoms with Crippen LogP contribution in [0, 0.1) is 6.92 Å². The van der Waals surface area contributed by atoms with Gasteiger partial charge in [-0.3, -0.25) is 0 Å². The van der Waals surface area contributed by atoms with Gasteiger partial charge in [0.1, 0.15) is 0 Å². The van der Waals surface area contributed by atoms with E-state index < -0.39 is 6.19 Å². The van der Waals surface area contributed by atoms with Crippen LogP contribution in [0.5, 0.6) is 0 Å². The summed E-state index contributed by atoms with van der Waals surface area (Å²) in [7, 11) is 0. The quantitative estimate of drug-likeness (QED) is 0.446. The minimum atomic E-state index is -0.652. The third-order valence-electron chi connectivity index (χ3n) is 1.38. The number of thiol groups is 1. The van der Waals surface area contributed by atoms with Crippen molar-refractivity contribution in [2.24, 2.45) is 0 Å². The van der Waals surface area contributed by atoms with Crippen LogP contribution in [0.4, 0.5) is 0 Å². The Labute approximate surface area is 66.5 Å². The molecular weight excluding hydrogens is 143 g/mol. The summed E-state index contributed by atoms with van der Waals surface area (Å²) in [5, 5.41) is 8.98. The first-order valence-electron chi connectivity index (χ1n) is 3.13. The van der Waals surface area contributed by atoms with Crippen LogP contribution in [0.1, 0.15) is 5.56 Å². The lowest BCUT2D eigenvalue weighted by Crippen LogP contribution is -2.23. The Kier molecular flexibility index (Phi) is 2.41. The maximum Gasteiger partial charge on any atom is 0.390 e. The minimum Gasteiger partial charge on any atom is -0.438 e. The van der Waals surface area contributed by atoms with E-state index in [1.807, 2.05) is 31.2 Å². The molecule has 0 atom stereocenters. The van der Waals surface area contributed by atoms with Crippen LogP contribution in [0.15, 0.2) is 24.3 Å². The molecule has 0 fully saturated rings. The molecule has 0 saturated heterocycles. The molecule has 0 unspecified atom stereocenters.